The second-order valence-electron chi connectivity index (χ2n) is 4.09. The Hall–Kier alpha value is -0.260. The second-order valence-corrected chi connectivity index (χ2v) is 5.24. The van der Waals surface area contributed by atoms with Crippen molar-refractivity contribution in [1.82, 2.24) is 10.6 Å². The van der Waals surface area contributed by atoms with Crippen molar-refractivity contribution in [3.05, 3.63) is 0 Å². The van der Waals surface area contributed by atoms with Crippen LogP contribution in [0.15, 0.2) is 0 Å². The van der Waals surface area contributed by atoms with E-state index >= 15 is 0 Å². The molecule has 0 saturated carbocycles. The van der Waals surface area contributed by atoms with E-state index in [1.807, 2.05) is 18.7 Å². The molecular formula is C11H22N2O2S. The quantitative estimate of drug-likeness (QED) is 0.675. The Balaban J connectivity index is 2.16. The van der Waals surface area contributed by atoms with Gasteiger partial charge >= 0.3 is 0 Å². The third-order valence-corrected chi connectivity index (χ3v) is 3.86. The lowest BCUT2D eigenvalue weighted by molar-refractivity contribution is -0.123. The standard InChI is InChI=1S/C11H22N2O2S/c1-9(11(14)12-5-6-15-2)13-10-4-3-7-16-8-10/h9-10,13H,3-8H2,1-2H3,(H,12,14). The number of rotatable bonds is 6. The monoisotopic (exact) mass is 246 g/mol. The van der Waals surface area contributed by atoms with Crippen molar-refractivity contribution in [2.24, 2.45) is 0 Å². The molecule has 0 aromatic rings. The van der Waals surface area contributed by atoms with Crippen LogP contribution < -0.4 is 10.6 Å². The summed E-state index contributed by atoms with van der Waals surface area (Å²) in [5.74, 6) is 2.44. The summed E-state index contributed by atoms with van der Waals surface area (Å²) in [6.07, 6.45) is 2.43. The fourth-order valence-electron chi connectivity index (χ4n) is 1.73. The topological polar surface area (TPSA) is 50.4 Å². The second kappa shape index (κ2) is 7.92. The molecule has 16 heavy (non-hydrogen) atoms. The summed E-state index contributed by atoms with van der Waals surface area (Å²) in [4.78, 5) is 11.7. The fraction of sp³-hybridized carbons (Fsp3) is 0.909. The number of hydrogen-bond donors (Lipinski definition) is 2. The molecule has 1 saturated heterocycles. The van der Waals surface area contributed by atoms with Crippen LogP contribution >= 0.6 is 11.8 Å². The summed E-state index contributed by atoms with van der Waals surface area (Å²) in [5, 5.41) is 6.21. The first kappa shape index (κ1) is 13.8. The Bertz CT molecular complexity index is 208. The van der Waals surface area contributed by atoms with Gasteiger partial charge in [0.1, 0.15) is 0 Å². The Morgan fingerprint density at radius 1 is 1.62 bits per heavy atom. The number of nitrogens with one attached hydrogen (secondary N) is 2. The zero-order chi connectivity index (χ0) is 11.8. The van der Waals surface area contributed by atoms with Gasteiger partial charge in [0.25, 0.3) is 0 Å². The molecule has 0 bridgehead atoms. The minimum absolute atomic E-state index is 0.0626. The summed E-state index contributed by atoms with van der Waals surface area (Å²) in [6.45, 7) is 3.07. The van der Waals surface area contributed by atoms with Gasteiger partial charge in [-0.1, -0.05) is 0 Å². The summed E-state index contributed by atoms with van der Waals surface area (Å²) < 4.78 is 4.88. The predicted octanol–water partition coefficient (Wildman–Crippen LogP) is 0.623. The zero-order valence-corrected chi connectivity index (χ0v) is 10.9. The van der Waals surface area contributed by atoms with E-state index in [-0.39, 0.29) is 11.9 Å². The molecule has 0 aromatic heterocycles. The van der Waals surface area contributed by atoms with Crippen molar-refractivity contribution in [1.29, 1.82) is 0 Å². The number of carbonyl (C=O) groups excluding carboxylic acids is 1. The van der Waals surface area contributed by atoms with Crippen LogP contribution in [0.4, 0.5) is 0 Å². The fourth-order valence-corrected chi connectivity index (χ4v) is 2.82. The Morgan fingerprint density at radius 3 is 3.06 bits per heavy atom. The van der Waals surface area contributed by atoms with Gasteiger partial charge in [0, 0.05) is 25.4 Å². The van der Waals surface area contributed by atoms with Crippen LogP contribution in [0.5, 0.6) is 0 Å². The largest absolute Gasteiger partial charge is 0.383 e. The zero-order valence-electron chi connectivity index (χ0n) is 10.1. The SMILES string of the molecule is COCCNC(=O)C(C)NC1CCCSC1. The highest BCUT2D eigenvalue weighted by molar-refractivity contribution is 7.99. The lowest BCUT2D eigenvalue weighted by atomic mass is 10.1. The van der Waals surface area contributed by atoms with E-state index in [1.165, 1.54) is 18.6 Å². The number of ether oxygens (including phenoxy) is 1. The van der Waals surface area contributed by atoms with Crippen molar-refractivity contribution in [3.63, 3.8) is 0 Å². The van der Waals surface area contributed by atoms with Crippen molar-refractivity contribution in [2.45, 2.75) is 31.8 Å². The first-order valence-electron chi connectivity index (χ1n) is 5.84. The number of hydrogen-bond acceptors (Lipinski definition) is 4. The molecule has 1 aliphatic rings. The molecule has 2 N–H and O–H groups in total. The predicted molar refractivity (Wildman–Crippen MR) is 67.8 cm³/mol. The maximum atomic E-state index is 11.7. The number of thioether (sulfide) groups is 1. The molecule has 94 valence electrons. The molecule has 2 unspecified atom stereocenters. The van der Waals surface area contributed by atoms with Crippen LogP contribution in [-0.2, 0) is 9.53 Å². The highest BCUT2D eigenvalue weighted by Crippen LogP contribution is 2.17. The maximum absolute atomic E-state index is 11.7. The van der Waals surface area contributed by atoms with E-state index in [9.17, 15) is 4.79 Å². The van der Waals surface area contributed by atoms with Gasteiger partial charge in [-0.2, -0.15) is 11.8 Å². The molecule has 1 amide bonds. The molecule has 2 atom stereocenters. The maximum Gasteiger partial charge on any atom is 0.236 e. The lowest BCUT2D eigenvalue weighted by Gasteiger charge is -2.25. The van der Waals surface area contributed by atoms with Gasteiger partial charge in [0.15, 0.2) is 0 Å². The van der Waals surface area contributed by atoms with Crippen LogP contribution in [-0.4, -0.2) is 49.8 Å². The average molecular weight is 246 g/mol. The molecule has 1 aliphatic heterocycles. The minimum Gasteiger partial charge on any atom is -0.383 e. The lowest BCUT2D eigenvalue weighted by Crippen LogP contribution is -2.48. The Kier molecular flexibility index (Phi) is 6.84. The number of methoxy groups -OCH3 is 1. The molecule has 1 rings (SSSR count). The summed E-state index contributed by atoms with van der Waals surface area (Å²) in [6, 6.07) is 0.377. The van der Waals surface area contributed by atoms with Gasteiger partial charge in [-0.3, -0.25) is 4.79 Å². The third kappa shape index (κ3) is 5.18. The molecule has 1 fully saturated rings. The van der Waals surface area contributed by atoms with E-state index in [4.69, 9.17) is 4.74 Å². The number of amides is 1. The Morgan fingerprint density at radius 2 is 2.44 bits per heavy atom. The van der Waals surface area contributed by atoms with Crippen molar-refractivity contribution >= 4 is 17.7 Å². The van der Waals surface area contributed by atoms with Gasteiger partial charge in [-0.05, 0) is 25.5 Å². The molecule has 0 radical (unpaired) electrons. The van der Waals surface area contributed by atoms with E-state index in [0.717, 1.165) is 5.75 Å². The molecule has 1 heterocycles. The highest BCUT2D eigenvalue weighted by atomic mass is 32.2. The van der Waals surface area contributed by atoms with E-state index in [2.05, 4.69) is 10.6 Å². The smallest absolute Gasteiger partial charge is 0.236 e. The summed E-state index contributed by atoms with van der Waals surface area (Å²) in [5.41, 5.74) is 0. The summed E-state index contributed by atoms with van der Waals surface area (Å²) in [7, 11) is 1.63. The van der Waals surface area contributed by atoms with Crippen LogP contribution in [0.3, 0.4) is 0 Å². The summed E-state index contributed by atoms with van der Waals surface area (Å²) >= 11 is 1.96. The number of carbonyl (C=O) groups is 1. The first-order valence-corrected chi connectivity index (χ1v) is 7.00. The molecular weight excluding hydrogens is 224 g/mol. The van der Waals surface area contributed by atoms with Crippen LogP contribution in [0.2, 0.25) is 0 Å². The van der Waals surface area contributed by atoms with Gasteiger partial charge in [-0.15, -0.1) is 0 Å². The minimum atomic E-state index is -0.111. The molecule has 0 aliphatic carbocycles. The van der Waals surface area contributed by atoms with Gasteiger partial charge in [-0.25, -0.2) is 0 Å². The average Bonchev–Trinajstić information content (AvgIpc) is 2.30. The van der Waals surface area contributed by atoms with Crippen LogP contribution in [0.1, 0.15) is 19.8 Å². The van der Waals surface area contributed by atoms with E-state index in [0.29, 0.717) is 19.2 Å². The van der Waals surface area contributed by atoms with Crippen molar-refractivity contribution in [3.8, 4) is 0 Å². The van der Waals surface area contributed by atoms with Gasteiger partial charge < -0.3 is 15.4 Å². The molecule has 0 aromatic carbocycles. The van der Waals surface area contributed by atoms with Gasteiger partial charge in [0.05, 0.1) is 12.6 Å². The molecule has 5 heteroatoms. The van der Waals surface area contributed by atoms with Crippen LogP contribution in [0.25, 0.3) is 0 Å². The van der Waals surface area contributed by atoms with Crippen molar-refractivity contribution < 1.29 is 9.53 Å². The Labute approximate surface area is 102 Å². The third-order valence-electron chi connectivity index (χ3n) is 2.64. The first-order chi connectivity index (χ1) is 7.74. The highest BCUT2D eigenvalue weighted by Gasteiger charge is 2.19. The van der Waals surface area contributed by atoms with E-state index in [1.54, 1.807) is 7.11 Å². The molecule has 0 spiro atoms. The van der Waals surface area contributed by atoms with Gasteiger partial charge in [0.2, 0.25) is 5.91 Å². The van der Waals surface area contributed by atoms with Crippen LogP contribution in [0, 0.1) is 0 Å². The normalized spacial score (nSPS) is 22.8. The van der Waals surface area contributed by atoms with Crippen molar-refractivity contribution in [2.75, 3.05) is 31.8 Å². The molecule has 4 nitrogen and oxygen atoms in total. The van der Waals surface area contributed by atoms with E-state index < -0.39 is 0 Å².